The third kappa shape index (κ3) is 6.51. The van der Waals surface area contributed by atoms with E-state index in [-0.39, 0.29) is 12.5 Å². The predicted octanol–water partition coefficient (Wildman–Crippen LogP) is 5.78. The average molecular weight is 566 g/mol. The molecule has 1 fully saturated rings. The molecule has 0 saturated heterocycles. The number of nitrogens with zero attached hydrogens (tertiary/aromatic N) is 4. The SMILES string of the molecule is CCc1cc(-c2cc(NC(=O)Cc3cc(C(F)(F)F)ccc3C)nn2C)cc2cnc(N[C@H]3CC[C@H](N)CC3)nc12. The Kier molecular flexibility index (Phi) is 7.99. The molecule has 0 aliphatic heterocycles. The van der Waals surface area contributed by atoms with Crippen molar-refractivity contribution in [2.45, 2.75) is 70.6 Å². The third-order valence-corrected chi connectivity index (χ3v) is 7.72. The molecule has 4 aromatic rings. The van der Waals surface area contributed by atoms with Gasteiger partial charge in [-0.15, -0.1) is 0 Å². The maximum absolute atomic E-state index is 13.1. The van der Waals surface area contributed by atoms with Crippen LogP contribution in [0.4, 0.5) is 24.9 Å². The molecular formula is C30H34F3N7O. The van der Waals surface area contributed by atoms with Crippen molar-refractivity contribution in [2.24, 2.45) is 12.8 Å². The van der Waals surface area contributed by atoms with Gasteiger partial charge in [0.15, 0.2) is 5.82 Å². The van der Waals surface area contributed by atoms with Crippen LogP contribution in [0.3, 0.4) is 0 Å². The van der Waals surface area contributed by atoms with Gasteiger partial charge in [-0.25, -0.2) is 9.97 Å². The number of aryl methyl sites for hydroxylation is 3. The summed E-state index contributed by atoms with van der Waals surface area (Å²) in [6.45, 7) is 3.75. The Morgan fingerprint density at radius 3 is 2.56 bits per heavy atom. The average Bonchev–Trinajstić information content (AvgIpc) is 3.29. The van der Waals surface area contributed by atoms with Crippen LogP contribution in [0, 0.1) is 6.92 Å². The first-order chi connectivity index (χ1) is 19.5. The highest BCUT2D eigenvalue weighted by Crippen LogP contribution is 2.32. The van der Waals surface area contributed by atoms with Gasteiger partial charge in [0, 0.05) is 42.3 Å². The number of amides is 1. The number of halogens is 3. The number of alkyl halides is 3. The molecule has 8 nitrogen and oxygen atoms in total. The minimum Gasteiger partial charge on any atom is -0.351 e. The number of anilines is 2. The number of fused-ring (bicyclic) bond motifs is 1. The van der Waals surface area contributed by atoms with E-state index in [1.54, 1.807) is 24.7 Å². The fraction of sp³-hybridized carbons (Fsp3) is 0.400. The lowest BCUT2D eigenvalue weighted by molar-refractivity contribution is -0.137. The number of carbonyl (C=O) groups excluding carboxylic acids is 1. The van der Waals surface area contributed by atoms with Gasteiger partial charge in [0.05, 0.1) is 23.2 Å². The van der Waals surface area contributed by atoms with Crippen molar-refractivity contribution in [1.82, 2.24) is 19.7 Å². The molecule has 41 heavy (non-hydrogen) atoms. The largest absolute Gasteiger partial charge is 0.416 e. The van der Waals surface area contributed by atoms with Crippen LogP contribution >= 0.6 is 0 Å². The summed E-state index contributed by atoms with van der Waals surface area (Å²) >= 11 is 0. The lowest BCUT2D eigenvalue weighted by Crippen LogP contribution is -2.33. The highest BCUT2D eigenvalue weighted by molar-refractivity contribution is 5.93. The van der Waals surface area contributed by atoms with Crippen molar-refractivity contribution >= 4 is 28.6 Å². The second-order valence-electron chi connectivity index (χ2n) is 10.8. The van der Waals surface area contributed by atoms with Crippen LogP contribution < -0.4 is 16.4 Å². The van der Waals surface area contributed by atoms with Gasteiger partial charge in [-0.1, -0.05) is 13.0 Å². The van der Waals surface area contributed by atoms with Crippen molar-refractivity contribution in [1.29, 1.82) is 0 Å². The highest BCUT2D eigenvalue weighted by atomic mass is 19.4. The molecule has 0 unspecified atom stereocenters. The first-order valence-corrected chi connectivity index (χ1v) is 13.8. The molecule has 1 aliphatic carbocycles. The van der Waals surface area contributed by atoms with Gasteiger partial charge in [0.1, 0.15) is 0 Å². The summed E-state index contributed by atoms with van der Waals surface area (Å²) in [5.41, 5.74) is 9.79. The van der Waals surface area contributed by atoms with Gasteiger partial charge in [-0.05, 0) is 80.0 Å². The van der Waals surface area contributed by atoms with E-state index >= 15 is 0 Å². The zero-order valence-electron chi connectivity index (χ0n) is 23.3. The molecule has 5 rings (SSSR count). The molecule has 2 aromatic carbocycles. The molecule has 2 heterocycles. The fourth-order valence-electron chi connectivity index (χ4n) is 5.35. The molecule has 0 atom stereocenters. The van der Waals surface area contributed by atoms with E-state index in [2.05, 4.69) is 33.7 Å². The second kappa shape index (κ2) is 11.5. The maximum Gasteiger partial charge on any atom is 0.416 e. The minimum absolute atomic E-state index is 0.195. The van der Waals surface area contributed by atoms with Gasteiger partial charge < -0.3 is 16.4 Å². The number of benzene rings is 2. The molecule has 216 valence electrons. The minimum atomic E-state index is -4.47. The molecule has 0 bridgehead atoms. The van der Waals surface area contributed by atoms with Crippen molar-refractivity contribution in [3.8, 4) is 11.3 Å². The molecular weight excluding hydrogens is 531 g/mol. The van der Waals surface area contributed by atoms with Crippen molar-refractivity contribution in [3.05, 3.63) is 64.8 Å². The molecule has 11 heteroatoms. The molecule has 4 N–H and O–H groups in total. The van der Waals surface area contributed by atoms with E-state index in [0.717, 1.165) is 72.0 Å². The van der Waals surface area contributed by atoms with Gasteiger partial charge in [-0.2, -0.15) is 18.3 Å². The number of aromatic nitrogens is 4. The van der Waals surface area contributed by atoms with Crippen molar-refractivity contribution in [3.63, 3.8) is 0 Å². The predicted molar refractivity (Wildman–Crippen MR) is 153 cm³/mol. The summed E-state index contributed by atoms with van der Waals surface area (Å²) < 4.78 is 41.1. The summed E-state index contributed by atoms with van der Waals surface area (Å²) in [5.74, 6) is 0.485. The zero-order chi connectivity index (χ0) is 29.3. The quantitative estimate of drug-likeness (QED) is 0.262. The summed E-state index contributed by atoms with van der Waals surface area (Å²) in [5, 5.41) is 11.5. The lowest BCUT2D eigenvalue weighted by atomic mass is 9.92. The van der Waals surface area contributed by atoms with E-state index in [4.69, 9.17) is 10.7 Å². The number of hydrogen-bond acceptors (Lipinski definition) is 6. The number of nitrogens with one attached hydrogen (secondary N) is 2. The number of carbonyl (C=O) groups is 1. The van der Waals surface area contributed by atoms with Crippen LogP contribution in [-0.2, 0) is 30.9 Å². The number of nitrogens with two attached hydrogens (primary N) is 1. The van der Waals surface area contributed by atoms with E-state index in [1.165, 1.54) is 6.07 Å². The Morgan fingerprint density at radius 1 is 1.10 bits per heavy atom. The Bertz CT molecular complexity index is 1570. The summed E-state index contributed by atoms with van der Waals surface area (Å²) in [6, 6.07) is 9.82. The number of rotatable bonds is 7. The van der Waals surface area contributed by atoms with Gasteiger partial charge in [-0.3, -0.25) is 9.48 Å². The molecule has 0 radical (unpaired) electrons. The Balaban J connectivity index is 1.34. The van der Waals surface area contributed by atoms with E-state index in [9.17, 15) is 18.0 Å². The van der Waals surface area contributed by atoms with Crippen LogP contribution in [0.1, 0.15) is 54.9 Å². The van der Waals surface area contributed by atoms with E-state index in [0.29, 0.717) is 28.9 Å². The van der Waals surface area contributed by atoms with Crippen molar-refractivity contribution in [2.75, 3.05) is 10.6 Å². The molecule has 1 aliphatic rings. The maximum atomic E-state index is 13.1. The smallest absolute Gasteiger partial charge is 0.351 e. The van der Waals surface area contributed by atoms with Crippen LogP contribution in [0.25, 0.3) is 22.2 Å². The third-order valence-electron chi connectivity index (χ3n) is 7.72. The van der Waals surface area contributed by atoms with Crippen LogP contribution in [0.2, 0.25) is 0 Å². The Labute approximate surface area is 236 Å². The lowest BCUT2D eigenvalue weighted by Gasteiger charge is -2.26. The van der Waals surface area contributed by atoms with Crippen LogP contribution in [-0.4, -0.2) is 37.7 Å². The molecule has 0 spiro atoms. The number of hydrogen-bond donors (Lipinski definition) is 3. The topological polar surface area (TPSA) is 111 Å². The Hall–Kier alpha value is -3.99. The van der Waals surface area contributed by atoms with Crippen molar-refractivity contribution < 1.29 is 18.0 Å². The summed E-state index contributed by atoms with van der Waals surface area (Å²) in [7, 11) is 1.78. The summed E-state index contributed by atoms with van der Waals surface area (Å²) in [4.78, 5) is 22.1. The van der Waals surface area contributed by atoms with E-state index < -0.39 is 17.6 Å². The van der Waals surface area contributed by atoms with Gasteiger partial charge >= 0.3 is 6.18 Å². The standard InChI is InChI=1S/C30H34F3N7O/c1-4-18-11-20(12-21-16-35-29(38-28(18)21)36-24-9-7-23(34)8-10-24)25-15-26(39-40(25)3)37-27(41)14-19-13-22(30(31,32)33)6-5-17(19)2/h5-6,11-13,15-16,23-24H,4,7-10,14,34H2,1-3H3,(H,35,36,38)(H,37,39,41)/t23-,24-. The van der Waals surface area contributed by atoms with Crippen LogP contribution in [0.15, 0.2) is 42.6 Å². The first-order valence-electron chi connectivity index (χ1n) is 13.8. The monoisotopic (exact) mass is 565 g/mol. The van der Waals surface area contributed by atoms with Crippen LogP contribution in [0.5, 0.6) is 0 Å². The molecule has 1 amide bonds. The van der Waals surface area contributed by atoms with E-state index in [1.807, 2.05) is 12.3 Å². The molecule has 1 saturated carbocycles. The second-order valence-corrected chi connectivity index (χ2v) is 10.8. The first kappa shape index (κ1) is 28.5. The zero-order valence-corrected chi connectivity index (χ0v) is 23.3. The normalized spacial score (nSPS) is 17.5. The molecule has 2 aromatic heterocycles. The highest BCUT2D eigenvalue weighted by Gasteiger charge is 2.31. The summed E-state index contributed by atoms with van der Waals surface area (Å²) in [6.07, 6.45) is 1.90. The van der Waals surface area contributed by atoms with Gasteiger partial charge in [0.25, 0.3) is 0 Å². The fourth-order valence-corrected chi connectivity index (χ4v) is 5.35. The van der Waals surface area contributed by atoms with Gasteiger partial charge in [0.2, 0.25) is 11.9 Å². The Morgan fingerprint density at radius 2 is 1.85 bits per heavy atom.